The van der Waals surface area contributed by atoms with Crippen molar-refractivity contribution >= 4 is 55.7 Å². The van der Waals surface area contributed by atoms with Crippen molar-refractivity contribution in [1.82, 2.24) is 4.90 Å². The van der Waals surface area contributed by atoms with Gasteiger partial charge in [0.2, 0.25) is 0 Å². The van der Waals surface area contributed by atoms with Gasteiger partial charge in [-0.1, -0.05) is 88.7 Å². The van der Waals surface area contributed by atoms with E-state index < -0.39 is 0 Å². The molecule has 2 amide bonds. The lowest BCUT2D eigenvalue weighted by atomic mass is 10.1. The van der Waals surface area contributed by atoms with E-state index in [4.69, 9.17) is 9.47 Å². The molecule has 0 aliphatic carbocycles. The third kappa shape index (κ3) is 4.90. The van der Waals surface area contributed by atoms with Crippen LogP contribution in [0, 0.1) is 0 Å². The highest BCUT2D eigenvalue weighted by Gasteiger charge is 2.35. The Kier molecular flexibility index (Phi) is 7.11. The molecule has 0 spiro atoms. The molecule has 36 heavy (non-hydrogen) atoms. The fourth-order valence-electron chi connectivity index (χ4n) is 4.10. The number of rotatable bonds is 7. The van der Waals surface area contributed by atoms with Gasteiger partial charge in [0, 0.05) is 10.0 Å². The number of hydrogen-bond acceptors (Lipinski definition) is 5. The van der Waals surface area contributed by atoms with Gasteiger partial charge in [-0.05, 0) is 51.9 Å². The third-order valence-corrected chi connectivity index (χ3v) is 7.61. The number of benzene rings is 4. The predicted octanol–water partition coefficient (Wildman–Crippen LogP) is 7.43. The van der Waals surface area contributed by atoms with Crippen molar-refractivity contribution in [3.63, 3.8) is 0 Å². The smallest absolute Gasteiger partial charge is 0.293 e. The van der Waals surface area contributed by atoms with Gasteiger partial charge in [-0.15, -0.1) is 0 Å². The van der Waals surface area contributed by atoms with E-state index in [1.807, 2.05) is 66.7 Å². The molecule has 0 saturated carbocycles. The Labute approximate surface area is 221 Å². The van der Waals surface area contributed by atoms with Crippen LogP contribution in [0.15, 0.2) is 94.3 Å². The molecular formula is C29H22BrNO4S. The summed E-state index contributed by atoms with van der Waals surface area (Å²) in [7, 11) is 1.58. The van der Waals surface area contributed by atoms with Crippen molar-refractivity contribution in [3.8, 4) is 11.5 Å². The average molecular weight is 560 g/mol. The number of para-hydroxylation sites is 1. The molecule has 180 valence electrons. The van der Waals surface area contributed by atoms with E-state index in [0.29, 0.717) is 28.6 Å². The molecular weight excluding hydrogens is 538 g/mol. The Balaban J connectivity index is 1.43. The summed E-state index contributed by atoms with van der Waals surface area (Å²) in [5.41, 5.74) is 2.57. The number of halogens is 1. The molecule has 1 heterocycles. The minimum absolute atomic E-state index is 0.200. The van der Waals surface area contributed by atoms with Gasteiger partial charge in [-0.3, -0.25) is 14.5 Å². The molecule has 4 aromatic rings. The van der Waals surface area contributed by atoms with Gasteiger partial charge in [-0.2, -0.15) is 0 Å². The minimum atomic E-state index is -0.330. The second-order valence-corrected chi connectivity index (χ2v) is 10.0. The maximum atomic E-state index is 13.2. The van der Waals surface area contributed by atoms with Gasteiger partial charge in [0.25, 0.3) is 11.1 Å². The number of imide groups is 1. The second kappa shape index (κ2) is 10.6. The number of amides is 2. The van der Waals surface area contributed by atoms with E-state index in [-0.39, 0.29) is 17.7 Å². The first-order chi connectivity index (χ1) is 17.5. The van der Waals surface area contributed by atoms with Gasteiger partial charge in [0.1, 0.15) is 6.61 Å². The molecule has 0 unspecified atom stereocenters. The molecule has 0 radical (unpaired) electrons. The molecule has 7 heteroatoms. The van der Waals surface area contributed by atoms with Crippen molar-refractivity contribution in [2.75, 3.05) is 7.11 Å². The van der Waals surface area contributed by atoms with Crippen molar-refractivity contribution in [1.29, 1.82) is 0 Å². The normalized spacial score (nSPS) is 14.6. The average Bonchev–Trinajstić information content (AvgIpc) is 3.16. The zero-order valence-electron chi connectivity index (χ0n) is 19.4. The summed E-state index contributed by atoms with van der Waals surface area (Å²) in [6.07, 6.45) is 1.70. The lowest BCUT2D eigenvalue weighted by Gasteiger charge is -2.15. The van der Waals surface area contributed by atoms with Crippen LogP contribution in [0.2, 0.25) is 0 Å². The fraction of sp³-hybridized carbons (Fsp3) is 0.103. The molecule has 4 aromatic carbocycles. The highest BCUT2D eigenvalue weighted by Crippen LogP contribution is 2.38. The summed E-state index contributed by atoms with van der Waals surface area (Å²) in [5, 5.41) is 1.95. The number of hydrogen-bond donors (Lipinski definition) is 0. The largest absolute Gasteiger partial charge is 0.493 e. The van der Waals surface area contributed by atoms with E-state index in [1.54, 1.807) is 13.2 Å². The van der Waals surface area contributed by atoms with Gasteiger partial charge < -0.3 is 9.47 Å². The maximum Gasteiger partial charge on any atom is 0.293 e. The van der Waals surface area contributed by atoms with E-state index in [9.17, 15) is 9.59 Å². The molecule has 1 fully saturated rings. The summed E-state index contributed by atoms with van der Waals surface area (Å²) in [6.45, 7) is 0.526. The second-order valence-electron chi connectivity index (χ2n) is 8.16. The molecule has 0 bridgehead atoms. The van der Waals surface area contributed by atoms with Crippen molar-refractivity contribution in [2.24, 2.45) is 0 Å². The summed E-state index contributed by atoms with van der Waals surface area (Å²) in [4.78, 5) is 27.5. The molecule has 0 atom stereocenters. The van der Waals surface area contributed by atoms with E-state index in [0.717, 1.165) is 38.1 Å². The van der Waals surface area contributed by atoms with E-state index >= 15 is 0 Å². The van der Waals surface area contributed by atoms with Gasteiger partial charge >= 0.3 is 0 Å². The summed E-state index contributed by atoms with van der Waals surface area (Å²) >= 11 is 4.42. The number of thioether (sulfide) groups is 1. The van der Waals surface area contributed by atoms with Gasteiger partial charge in [-0.25, -0.2) is 0 Å². The number of carbonyl (C=O) groups excluding carboxylic acids is 2. The lowest BCUT2D eigenvalue weighted by molar-refractivity contribution is -0.123. The van der Waals surface area contributed by atoms with Crippen LogP contribution in [0.4, 0.5) is 4.79 Å². The minimum Gasteiger partial charge on any atom is -0.493 e. The third-order valence-electron chi connectivity index (χ3n) is 5.93. The van der Waals surface area contributed by atoms with Crippen LogP contribution < -0.4 is 9.47 Å². The molecule has 1 aliphatic heterocycles. The van der Waals surface area contributed by atoms with Gasteiger partial charge in [0.15, 0.2) is 11.5 Å². The van der Waals surface area contributed by atoms with Crippen LogP contribution in [-0.2, 0) is 17.9 Å². The van der Waals surface area contributed by atoms with Crippen molar-refractivity contribution in [3.05, 3.63) is 111 Å². The number of carbonyl (C=O) groups is 2. The quantitative estimate of drug-likeness (QED) is 0.220. The summed E-state index contributed by atoms with van der Waals surface area (Å²) in [5.74, 6) is 0.741. The first kappa shape index (κ1) is 24.2. The zero-order valence-corrected chi connectivity index (χ0v) is 21.8. The molecule has 0 N–H and O–H groups in total. The monoisotopic (exact) mass is 559 g/mol. The van der Waals surface area contributed by atoms with E-state index in [2.05, 4.69) is 34.1 Å². The Bertz CT molecular complexity index is 1490. The van der Waals surface area contributed by atoms with Crippen molar-refractivity contribution in [2.45, 2.75) is 13.2 Å². The van der Waals surface area contributed by atoms with Crippen LogP contribution >= 0.6 is 27.7 Å². The first-order valence-corrected chi connectivity index (χ1v) is 12.9. The maximum absolute atomic E-state index is 13.2. The van der Waals surface area contributed by atoms with Crippen LogP contribution in [0.3, 0.4) is 0 Å². The Morgan fingerprint density at radius 1 is 0.889 bits per heavy atom. The molecule has 0 aromatic heterocycles. The Morgan fingerprint density at radius 2 is 1.61 bits per heavy atom. The Morgan fingerprint density at radius 3 is 2.44 bits per heavy atom. The fourth-order valence-corrected chi connectivity index (χ4v) is 5.34. The molecule has 1 saturated heterocycles. The van der Waals surface area contributed by atoms with Crippen molar-refractivity contribution < 1.29 is 19.1 Å². The Hall–Kier alpha value is -3.55. The molecule has 1 aliphatic rings. The molecule has 5 nitrogen and oxygen atoms in total. The zero-order chi connectivity index (χ0) is 25.1. The summed E-state index contributed by atoms with van der Waals surface area (Å²) in [6, 6.07) is 27.3. The SMILES string of the molecule is COc1cccc(/C=C2\SC(=O)N(Cc3ccccc3Br)C2=O)c1OCc1cccc2ccccc12. The number of methoxy groups -OCH3 is 1. The van der Waals surface area contributed by atoms with Crippen LogP contribution in [0.5, 0.6) is 11.5 Å². The highest BCUT2D eigenvalue weighted by molar-refractivity contribution is 9.10. The van der Waals surface area contributed by atoms with Crippen LogP contribution in [0.1, 0.15) is 16.7 Å². The number of nitrogens with zero attached hydrogens (tertiary/aromatic N) is 1. The lowest BCUT2D eigenvalue weighted by Crippen LogP contribution is -2.27. The highest BCUT2D eigenvalue weighted by atomic mass is 79.9. The topological polar surface area (TPSA) is 55.8 Å². The van der Waals surface area contributed by atoms with E-state index in [1.165, 1.54) is 4.90 Å². The van der Waals surface area contributed by atoms with Crippen LogP contribution in [0.25, 0.3) is 16.8 Å². The summed E-state index contributed by atoms with van der Waals surface area (Å²) < 4.78 is 12.7. The van der Waals surface area contributed by atoms with Gasteiger partial charge in [0.05, 0.1) is 18.6 Å². The predicted molar refractivity (Wildman–Crippen MR) is 147 cm³/mol. The first-order valence-electron chi connectivity index (χ1n) is 11.3. The van der Waals surface area contributed by atoms with Crippen LogP contribution in [-0.4, -0.2) is 23.2 Å². The number of fused-ring (bicyclic) bond motifs is 1. The molecule has 5 rings (SSSR count). The standard InChI is InChI=1S/C29H22BrNO4S/c1-34-25-15-7-11-20(27(25)35-18-22-12-6-10-19-8-2-4-13-23(19)22)16-26-28(32)31(29(33)36-26)17-21-9-3-5-14-24(21)30/h2-16H,17-18H2,1H3/b26-16-. The number of ether oxygens (including phenoxy) is 2.